The van der Waals surface area contributed by atoms with E-state index in [1.165, 1.54) is 46.2 Å². The molecule has 360 valence electrons. The summed E-state index contributed by atoms with van der Waals surface area (Å²) in [6.45, 7) is 33.0. The van der Waals surface area contributed by atoms with Gasteiger partial charge in [0, 0.05) is 55.9 Å². The number of halogens is 1. The third-order valence-electron chi connectivity index (χ3n) is 16.3. The highest BCUT2D eigenvalue weighted by molar-refractivity contribution is 6.31. The molecule has 1 aromatic heterocycles. The summed E-state index contributed by atoms with van der Waals surface area (Å²) in [6, 6.07) is 52.3. The third kappa shape index (κ3) is 8.55. The van der Waals surface area contributed by atoms with Crippen LogP contribution in [0.25, 0.3) is 33.1 Å². The average molecular weight is 946 g/mol. The zero-order valence-electron chi connectivity index (χ0n) is 44.3. The number of anilines is 6. The zero-order valence-corrected chi connectivity index (χ0v) is 45.0. The van der Waals surface area contributed by atoms with Crippen LogP contribution in [0.1, 0.15) is 156 Å². The minimum atomic E-state index is -0.0625. The van der Waals surface area contributed by atoms with Gasteiger partial charge in [-0.25, -0.2) is 0 Å². The van der Waals surface area contributed by atoms with E-state index >= 15 is 0 Å². The summed E-state index contributed by atoms with van der Waals surface area (Å²) in [6.07, 6.45) is 4.61. The van der Waals surface area contributed by atoms with Gasteiger partial charge in [-0.15, -0.1) is 0 Å². The molecule has 0 radical (unpaired) electrons. The van der Waals surface area contributed by atoms with Crippen LogP contribution >= 0.6 is 11.6 Å². The molecule has 2 aliphatic rings. The van der Waals surface area contributed by atoms with Gasteiger partial charge >= 0.3 is 0 Å². The van der Waals surface area contributed by atoms with Gasteiger partial charge in [-0.2, -0.15) is 0 Å². The van der Waals surface area contributed by atoms with E-state index in [9.17, 15) is 0 Å². The molecule has 7 aromatic carbocycles. The Morgan fingerprint density at radius 1 is 0.414 bits per heavy atom. The predicted molar refractivity (Wildman–Crippen MR) is 302 cm³/mol. The van der Waals surface area contributed by atoms with Crippen molar-refractivity contribution >= 4 is 67.7 Å². The van der Waals surface area contributed by atoms with Crippen molar-refractivity contribution < 1.29 is 4.42 Å². The van der Waals surface area contributed by atoms with Crippen molar-refractivity contribution in [1.82, 2.24) is 0 Å². The molecule has 8 aromatic rings. The Hall–Kier alpha value is -5.77. The summed E-state index contributed by atoms with van der Waals surface area (Å²) < 4.78 is 6.82. The van der Waals surface area contributed by atoms with Crippen LogP contribution < -0.4 is 9.80 Å². The maximum Gasteiger partial charge on any atom is 0.137 e. The number of hydrogen-bond acceptors (Lipinski definition) is 3. The molecule has 3 nitrogen and oxygen atoms in total. The van der Waals surface area contributed by atoms with Gasteiger partial charge in [-0.1, -0.05) is 169 Å². The first-order valence-electron chi connectivity index (χ1n) is 25.7. The van der Waals surface area contributed by atoms with E-state index < -0.39 is 0 Å². The average Bonchev–Trinajstić information content (AvgIpc) is 3.67. The molecule has 10 rings (SSSR count). The minimum Gasteiger partial charge on any atom is -0.456 e. The number of rotatable bonds is 7. The lowest BCUT2D eigenvalue weighted by Gasteiger charge is -2.43. The van der Waals surface area contributed by atoms with Gasteiger partial charge in [0.25, 0.3) is 0 Å². The quantitative estimate of drug-likeness (QED) is 0.159. The first kappa shape index (κ1) is 47.9. The summed E-state index contributed by atoms with van der Waals surface area (Å²) in [5, 5.41) is 2.88. The normalized spacial score (nSPS) is 17.0. The molecular weight excluding hydrogens is 872 g/mol. The number of furan rings is 1. The summed E-state index contributed by atoms with van der Waals surface area (Å²) >= 11 is 7.55. The highest BCUT2D eigenvalue weighted by Crippen LogP contribution is 2.53. The number of hydrogen-bond donors (Lipinski definition) is 0. The molecule has 0 saturated heterocycles. The second kappa shape index (κ2) is 16.7. The van der Waals surface area contributed by atoms with Crippen LogP contribution in [0.4, 0.5) is 34.1 Å². The number of fused-ring (bicyclic) bond motifs is 5. The summed E-state index contributed by atoms with van der Waals surface area (Å²) in [5.41, 5.74) is 18.7. The van der Waals surface area contributed by atoms with E-state index in [1.807, 2.05) is 0 Å². The largest absolute Gasteiger partial charge is 0.456 e. The van der Waals surface area contributed by atoms with Crippen LogP contribution in [0.3, 0.4) is 0 Å². The Morgan fingerprint density at radius 3 is 1.40 bits per heavy atom. The van der Waals surface area contributed by atoms with Gasteiger partial charge in [0.2, 0.25) is 0 Å². The summed E-state index contributed by atoms with van der Waals surface area (Å²) in [7, 11) is 0. The molecule has 1 heterocycles. The minimum absolute atomic E-state index is 0.00185. The topological polar surface area (TPSA) is 19.6 Å². The molecule has 0 atom stereocenters. The zero-order chi connectivity index (χ0) is 49.9. The number of benzene rings is 7. The smallest absolute Gasteiger partial charge is 0.137 e. The molecule has 4 heteroatoms. The van der Waals surface area contributed by atoms with Gasteiger partial charge in [0.1, 0.15) is 11.2 Å². The van der Waals surface area contributed by atoms with E-state index in [4.69, 9.17) is 16.0 Å². The lowest BCUT2D eigenvalue weighted by Crippen LogP contribution is -2.34. The molecule has 0 fully saturated rings. The van der Waals surface area contributed by atoms with Crippen LogP contribution in [-0.4, -0.2) is 0 Å². The van der Waals surface area contributed by atoms with Crippen LogP contribution in [-0.2, 0) is 32.5 Å². The molecule has 0 spiro atoms. The van der Waals surface area contributed by atoms with E-state index in [1.54, 1.807) is 0 Å². The highest BCUT2D eigenvalue weighted by atomic mass is 35.5. The van der Waals surface area contributed by atoms with Gasteiger partial charge in [-0.3, -0.25) is 0 Å². The Morgan fingerprint density at radius 2 is 0.857 bits per heavy atom. The van der Waals surface area contributed by atoms with Crippen molar-refractivity contribution in [2.75, 3.05) is 9.80 Å². The Balaban J connectivity index is 1.24. The monoisotopic (exact) mass is 945 g/mol. The molecule has 0 bridgehead atoms. The van der Waals surface area contributed by atoms with E-state index in [2.05, 4.69) is 246 Å². The van der Waals surface area contributed by atoms with E-state index in [0.29, 0.717) is 5.02 Å². The first-order chi connectivity index (χ1) is 32.8. The van der Waals surface area contributed by atoms with Crippen LogP contribution in [0.15, 0.2) is 144 Å². The van der Waals surface area contributed by atoms with Gasteiger partial charge in [0.05, 0.1) is 5.69 Å². The molecule has 2 aliphatic carbocycles. The maximum atomic E-state index is 7.55. The van der Waals surface area contributed by atoms with Crippen molar-refractivity contribution in [2.45, 2.75) is 155 Å². The fourth-order valence-electron chi connectivity index (χ4n) is 11.5. The van der Waals surface area contributed by atoms with E-state index in [0.717, 1.165) is 80.0 Å². The standard InChI is InChI=1S/C66H73ClN2O/c1-61(2,3)43-21-29-58(53(34-43)42-18-16-15-17-19-42)69(48-22-26-52-51-25-20-44(62(4,5)6)35-59(51)70-60(52)41-48)50-37-45(67)36-49(38-50)68(46-23-27-54-56(39-46)65(11,12)32-30-63(54,7)8)47-24-28-55-57(40-47)66(13,14)33-31-64(55,9)10/h15-29,34-41H,30-33H2,1-14H3. The third-order valence-corrected chi connectivity index (χ3v) is 16.6. The van der Waals surface area contributed by atoms with E-state index in [-0.39, 0.29) is 32.5 Å². The highest BCUT2D eigenvalue weighted by Gasteiger charge is 2.40. The van der Waals surface area contributed by atoms with Crippen LogP contribution in [0, 0.1) is 0 Å². The first-order valence-corrected chi connectivity index (χ1v) is 26.1. The van der Waals surface area contributed by atoms with Crippen molar-refractivity contribution in [3.05, 3.63) is 178 Å². The summed E-state index contributed by atoms with van der Waals surface area (Å²) in [4.78, 5) is 4.87. The fraction of sp³-hybridized carbons (Fsp3) is 0.364. The molecular formula is C66H73ClN2O. The molecule has 0 amide bonds. The molecule has 0 N–H and O–H groups in total. The Kier molecular flexibility index (Phi) is 11.4. The predicted octanol–water partition coefficient (Wildman–Crippen LogP) is 20.1. The molecule has 70 heavy (non-hydrogen) atoms. The Bertz CT molecular complexity index is 3230. The Labute approximate surface area is 423 Å². The van der Waals surface area contributed by atoms with Crippen molar-refractivity contribution in [3.8, 4) is 11.1 Å². The van der Waals surface area contributed by atoms with Gasteiger partial charge in [-0.05, 0) is 170 Å². The van der Waals surface area contributed by atoms with Crippen molar-refractivity contribution in [1.29, 1.82) is 0 Å². The second-order valence-corrected chi connectivity index (χ2v) is 25.9. The molecule has 0 aliphatic heterocycles. The van der Waals surface area contributed by atoms with Crippen molar-refractivity contribution in [3.63, 3.8) is 0 Å². The summed E-state index contributed by atoms with van der Waals surface area (Å²) in [5.74, 6) is 0. The van der Waals surface area contributed by atoms with Crippen LogP contribution in [0.2, 0.25) is 5.02 Å². The lowest BCUT2D eigenvalue weighted by molar-refractivity contribution is 0.332. The molecule has 0 unspecified atom stereocenters. The van der Waals surface area contributed by atoms with Gasteiger partial charge < -0.3 is 14.2 Å². The van der Waals surface area contributed by atoms with Gasteiger partial charge in [0.15, 0.2) is 0 Å². The SMILES string of the molecule is CC(C)(C)c1ccc(N(c2cc(Cl)cc(N(c3ccc4c(c3)C(C)(C)CCC4(C)C)c3ccc4c(c3)C(C)(C)CCC4(C)C)c2)c2ccc3c(c2)oc2cc(C(C)(C)C)ccc23)c(-c2ccccc2)c1. The van der Waals surface area contributed by atoms with Crippen molar-refractivity contribution in [2.24, 2.45) is 0 Å². The lowest BCUT2D eigenvalue weighted by atomic mass is 9.63. The second-order valence-electron chi connectivity index (χ2n) is 25.4. The molecule has 0 saturated carbocycles. The number of nitrogens with zero attached hydrogens (tertiary/aromatic N) is 2. The maximum absolute atomic E-state index is 7.55. The van der Waals surface area contributed by atoms with Crippen LogP contribution in [0.5, 0.6) is 0 Å². The fourth-order valence-corrected chi connectivity index (χ4v) is 11.8.